The highest BCUT2D eigenvalue weighted by Gasteiger charge is 2.17. The molecule has 4 nitrogen and oxygen atoms in total. The van der Waals surface area contributed by atoms with Gasteiger partial charge in [0.05, 0.1) is 10.7 Å². The van der Waals surface area contributed by atoms with E-state index >= 15 is 0 Å². The van der Waals surface area contributed by atoms with E-state index in [1.807, 2.05) is 6.92 Å². The highest BCUT2D eigenvalue weighted by Crippen LogP contribution is 2.17. The average molecular weight is 302 g/mol. The third-order valence-corrected chi connectivity index (χ3v) is 2.95. The summed E-state index contributed by atoms with van der Waals surface area (Å²) in [6, 6.07) is 0. The number of aryl methyl sites for hydroxylation is 1. The Kier molecular flexibility index (Phi) is 4.89. The minimum absolute atomic E-state index is 0.0442. The number of carbonyl (C=O) groups excluding carboxylic acids is 1. The zero-order valence-corrected chi connectivity index (χ0v) is 12.5. The second kappa shape index (κ2) is 5.78. The number of halogens is 1. The Morgan fingerprint density at radius 3 is 2.71 bits per heavy atom. The molecule has 0 spiro atoms. The Hall–Kier alpha value is -0.680. The molecule has 96 valence electrons. The average Bonchev–Trinajstić information content (AvgIpc) is 2.57. The van der Waals surface area contributed by atoms with Gasteiger partial charge in [-0.3, -0.25) is 9.48 Å². The fourth-order valence-electron chi connectivity index (χ4n) is 1.55. The van der Waals surface area contributed by atoms with Crippen molar-refractivity contribution in [2.24, 2.45) is 0 Å². The lowest BCUT2D eigenvalue weighted by molar-refractivity contribution is 0.0969. The molecule has 0 aromatic carbocycles. The van der Waals surface area contributed by atoms with Crippen LogP contribution in [-0.2, 0) is 6.54 Å². The molecule has 0 radical (unpaired) electrons. The van der Waals surface area contributed by atoms with Crippen LogP contribution in [0.3, 0.4) is 0 Å². The predicted molar refractivity (Wildman–Crippen MR) is 72.3 cm³/mol. The number of ketones is 1. The van der Waals surface area contributed by atoms with Crippen molar-refractivity contribution in [1.82, 2.24) is 15.1 Å². The Morgan fingerprint density at radius 2 is 2.18 bits per heavy atom. The highest BCUT2D eigenvalue weighted by atomic mass is 79.9. The number of rotatable bonds is 5. The number of hydrogen-bond acceptors (Lipinski definition) is 3. The first-order chi connectivity index (χ1) is 7.85. The summed E-state index contributed by atoms with van der Waals surface area (Å²) in [6.07, 6.45) is 2.16. The van der Waals surface area contributed by atoms with Crippen LogP contribution in [0.2, 0.25) is 0 Å². The van der Waals surface area contributed by atoms with Gasteiger partial charge in [0.1, 0.15) is 5.69 Å². The molecule has 5 heteroatoms. The summed E-state index contributed by atoms with van der Waals surface area (Å²) in [6.45, 7) is 9.63. The monoisotopic (exact) mass is 301 g/mol. The Morgan fingerprint density at radius 1 is 1.53 bits per heavy atom. The molecule has 17 heavy (non-hydrogen) atoms. The van der Waals surface area contributed by atoms with E-state index in [9.17, 15) is 4.79 Å². The third-order valence-electron chi connectivity index (χ3n) is 2.37. The molecule has 0 bridgehead atoms. The molecule has 1 aromatic heterocycles. The van der Waals surface area contributed by atoms with Crippen LogP contribution >= 0.6 is 15.9 Å². The van der Waals surface area contributed by atoms with Crippen LogP contribution in [-0.4, -0.2) is 27.6 Å². The van der Waals surface area contributed by atoms with E-state index in [4.69, 9.17) is 0 Å². The molecule has 0 fully saturated rings. The molecule has 0 atom stereocenters. The zero-order chi connectivity index (χ0) is 13.1. The number of aromatic nitrogens is 2. The summed E-state index contributed by atoms with van der Waals surface area (Å²) in [7, 11) is 0. The van der Waals surface area contributed by atoms with E-state index in [0.29, 0.717) is 25.2 Å². The number of carbonyl (C=O) groups is 1. The molecular weight excluding hydrogens is 282 g/mol. The van der Waals surface area contributed by atoms with Gasteiger partial charge in [-0.15, -0.1) is 0 Å². The van der Waals surface area contributed by atoms with Crippen molar-refractivity contribution >= 4 is 21.7 Å². The lowest BCUT2D eigenvalue weighted by Crippen LogP contribution is -2.37. The third kappa shape index (κ3) is 4.24. The van der Waals surface area contributed by atoms with Crippen molar-refractivity contribution in [3.05, 3.63) is 16.4 Å². The summed E-state index contributed by atoms with van der Waals surface area (Å²) in [5.41, 5.74) is 0.714. The molecule has 0 amide bonds. The molecule has 1 rings (SSSR count). The van der Waals surface area contributed by atoms with E-state index in [0.717, 1.165) is 4.47 Å². The normalized spacial score (nSPS) is 11.8. The second-order valence-corrected chi connectivity index (χ2v) is 5.86. The molecule has 1 heterocycles. The number of nitrogens with one attached hydrogen (secondary N) is 1. The van der Waals surface area contributed by atoms with Crippen LogP contribution in [0.1, 0.15) is 44.6 Å². The van der Waals surface area contributed by atoms with Crippen LogP contribution in [0.25, 0.3) is 0 Å². The largest absolute Gasteiger partial charge is 0.312 e. The topological polar surface area (TPSA) is 46.9 Å². The first-order valence-electron chi connectivity index (χ1n) is 5.84. The fourth-order valence-corrected chi connectivity index (χ4v) is 2.07. The minimum Gasteiger partial charge on any atom is -0.312 e. The van der Waals surface area contributed by atoms with E-state index in [1.54, 1.807) is 10.9 Å². The number of hydrogen-bond donors (Lipinski definition) is 1. The second-order valence-electron chi connectivity index (χ2n) is 5.01. The summed E-state index contributed by atoms with van der Waals surface area (Å²) in [5.74, 6) is 0.118. The van der Waals surface area contributed by atoms with E-state index in [-0.39, 0.29) is 11.3 Å². The van der Waals surface area contributed by atoms with Crippen molar-refractivity contribution in [1.29, 1.82) is 0 Å². The standard InChI is InChI=1S/C12H20BrN3O/c1-5-16-11(9(13)8-15-16)10(17)6-7-14-12(2,3)4/h8,14H,5-7H2,1-4H3. The van der Waals surface area contributed by atoms with Crippen molar-refractivity contribution in [2.75, 3.05) is 6.54 Å². The van der Waals surface area contributed by atoms with Gasteiger partial charge in [-0.05, 0) is 43.6 Å². The van der Waals surface area contributed by atoms with E-state index in [1.165, 1.54) is 0 Å². The Labute approximate surface area is 111 Å². The van der Waals surface area contributed by atoms with Crippen LogP contribution in [0, 0.1) is 0 Å². The van der Waals surface area contributed by atoms with Gasteiger partial charge in [0.15, 0.2) is 5.78 Å². The molecule has 0 unspecified atom stereocenters. The maximum absolute atomic E-state index is 12.1. The highest BCUT2D eigenvalue weighted by molar-refractivity contribution is 9.10. The molecule has 1 N–H and O–H groups in total. The summed E-state index contributed by atoms with van der Waals surface area (Å²) < 4.78 is 2.50. The van der Waals surface area contributed by atoms with Gasteiger partial charge in [0, 0.05) is 25.0 Å². The summed E-state index contributed by atoms with van der Waals surface area (Å²) >= 11 is 3.37. The zero-order valence-electron chi connectivity index (χ0n) is 10.9. The van der Waals surface area contributed by atoms with Crippen LogP contribution < -0.4 is 5.32 Å². The van der Waals surface area contributed by atoms with Crippen molar-refractivity contribution in [2.45, 2.75) is 46.2 Å². The van der Waals surface area contributed by atoms with Crippen molar-refractivity contribution < 1.29 is 4.79 Å². The van der Waals surface area contributed by atoms with Gasteiger partial charge < -0.3 is 5.32 Å². The van der Waals surface area contributed by atoms with Crippen molar-refractivity contribution in [3.63, 3.8) is 0 Å². The summed E-state index contributed by atoms with van der Waals surface area (Å²) in [5, 5.41) is 7.45. The first kappa shape index (κ1) is 14.4. The number of Topliss-reactive ketones (excluding diaryl/α,β-unsaturated/α-hetero) is 1. The SMILES string of the molecule is CCn1ncc(Br)c1C(=O)CCNC(C)(C)C. The van der Waals surface area contributed by atoms with Crippen LogP contribution in [0.5, 0.6) is 0 Å². The lowest BCUT2D eigenvalue weighted by Gasteiger charge is -2.20. The van der Waals surface area contributed by atoms with Crippen LogP contribution in [0.15, 0.2) is 10.7 Å². The molecule has 0 saturated carbocycles. The van der Waals surface area contributed by atoms with E-state index in [2.05, 4.69) is 47.1 Å². The molecule has 0 saturated heterocycles. The maximum Gasteiger partial charge on any atom is 0.183 e. The quantitative estimate of drug-likeness (QED) is 0.851. The Bertz CT molecular complexity index is 393. The van der Waals surface area contributed by atoms with Gasteiger partial charge in [-0.25, -0.2) is 0 Å². The van der Waals surface area contributed by atoms with Gasteiger partial charge >= 0.3 is 0 Å². The van der Waals surface area contributed by atoms with Gasteiger partial charge in [-0.2, -0.15) is 5.10 Å². The molecule has 0 aliphatic rings. The smallest absolute Gasteiger partial charge is 0.183 e. The van der Waals surface area contributed by atoms with E-state index < -0.39 is 0 Å². The predicted octanol–water partition coefficient (Wildman–Crippen LogP) is 2.63. The summed E-state index contributed by atoms with van der Waals surface area (Å²) in [4.78, 5) is 12.1. The van der Waals surface area contributed by atoms with Gasteiger partial charge in [0.25, 0.3) is 0 Å². The fraction of sp³-hybridized carbons (Fsp3) is 0.667. The molecule has 0 aliphatic carbocycles. The first-order valence-corrected chi connectivity index (χ1v) is 6.64. The van der Waals surface area contributed by atoms with Crippen LogP contribution in [0.4, 0.5) is 0 Å². The maximum atomic E-state index is 12.1. The molecular formula is C12H20BrN3O. The molecule has 0 aliphatic heterocycles. The van der Waals surface area contributed by atoms with Gasteiger partial charge in [-0.1, -0.05) is 0 Å². The number of nitrogens with zero attached hydrogens (tertiary/aromatic N) is 2. The lowest BCUT2D eigenvalue weighted by atomic mass is 10.1. The van der Waals surface area contributed by atoms with Gasteiger partial charge in [0.2, 0.25) is 0 Å². The minimum atomic E-state index is 0.0442. The van der Waals surface area contributed by atoms with Crippen molar-refractivity contribution in [3.8, 4) is 0 Å². The molecule has 1 aromatic rings. The Balaban J connectivity index is 2.61.